The van der Waals surface area contributed by atoms with Gasteiger partial charge in [-0.3, -0.25) is 0 Å². The average molecular weight is 253 g/mol. The van der Waals surface area contributed by atoms with Gasteiger partial charge >= 0.3 is 0 Å². The summed E-state index contributed by atoms with van der Waals surface area (Å²) in [6.45, 7) is 2.07. The molecule has 2 nitrogen and oxygen atoms in total. The van der Waals surface area contributed by atoms with Gasteiger partial charge in [-0.25, -0.2) is 0 Å². The van der Waals surface area contributed by atoms with Crippen LogP contribution in [0.15, 0.2) is 48.5 Å². The summed E-state index contributed by atoms with van der Waals surface area (Å²) in [6.07, 6.45) is 2.09. The lowest BCUT2D eigenvalue weighted by atomic mass is 9.86. The molecule has 2 unspecified atom stereocenters. The SMILES string of the molecule is Cc1ccccc1OC1CCc2ccccc2C1N. The fourth-order valence-corrected chi connectivity index (χ4v) is 2.75. The number of ether oxygens (including phenoxy) is 1. The van der Waals surface area contributed by atoms with Crippen LogP contribution in [0.1, 0.15) is 29.2 Å². The van der Waals surface area contributed by atoms with Crippen LogP contribution in [0.5, 0.6) is 5.75 Å². The van der Waals surface area contributed by atoms with Crippen molar-refractivity contribution in [2.45, 2.75) is 31.9 Å². The summed E-state index contributed by atoms with van der Waals surface area (Å²) in [4.78, 5) is 0. The van der Waals surface area contributed by atoms with Crippen LogP contribution in [-0.2, 0) is 6.42 Å². The van der Waals surface area contributed by atoms with Gasteiger partial charge in [0.15, 0.2) is 0 Å². The number of fused-ring (bicyclic) bond motifs is 1. The number of aryl methyl sites for hydroxylation is 2. The Bertz CT molecular complexity index is 579. The Morgan fingerprint density at radius 2 is 1.79 bits per heavy atom. The normalized spacial score (nSPS) is 21.8. The van der Waals surface area contributed by atoms with Gasteiger partial charge in [0.1, 0.15) is 11.9 Å². The molecule has 0 heterocycles. The molecule has 1 aliphatic carbocycles. The van der Waals surface area contributed by atoms with E-state index in [0.717, 1.165) is 24.2 Å². The molecule has 19 heavy (non-hydrogen) atoms. The predicted octanol–water partition coefficient (Wildman–Crippen LogP) is 3.39. The van der Waals surface area contributed by atoms with Gasteiger partial charge in [0.2, 0.25) is 0 Å². The number of hydrogen-bond donors (Lipinski definition) is 1. The third kappa shape index (κ3) is 2.36. The maximum Gasteiger partial charge on any atom is 0.122 e. The van der Waals surface area contributed by atoms with Crippen molar-refractivity contribution < 1.29 is 4.74 Å². The second-order valence-corrected chi connectivity index (χ2v) is 5.19. The highest BCUT2D eigenvalue weighted by Crippen LogP contribution is 2.31. The summed E-state index contributed by atoms with van der Waals surface area (Å²) in [5.74, 6) is 0.947. The second-order valence-electron chi connectivity index (χ2n) is 5.19. The molecule has 0 aromatic heterocycles. The Kier molecular flexibility index (Phi) is 3.26. The van der Waals surface area contributed by atoms with Crippen LogP contribution < -0.4 is 10.5 Å². The molecular weight excluding hydrogens is 234 g/mol. The van der Waals surface area contributed by atoms with Gasteiger partial charge in [0.05, 0.1) is 6.04 Å². The Morgan fingerprint density at radius 3 is 2.63 bits per heavy atom. The zero-order valence-corrected chi connectivity index (χ0v) is 11.2. The van der Waals surface area contributed by atoms with Crippen molar-refractivity contribution in [3.63, 3.8) is 0 Å². The lowest BCUT2D eigenvalue weighted by Gasteiger charge is -2.31. The highest BCUT2D eigenvalue weighted by molar-refractivity contribution is 5.35. The molecule has 3 rings (SSSR count). The third-order valence-corrected chi connectivity index (χ3v) is 3.88. The smallest absolute Gasteiger partial charge is 0.122 e. The van der Waals surface area contributed by atoms with E-state index in [1.807, 2.05) is 18.2 Å². The minimum Gasteiger partial charge on any atom is -0.488 e. The number of para-hydroxylation sites is 1. The van der Waals surface area contributed by atoms with Gasteiger partial charge in [-0.1, -0.05) is 42.5 Å². The monoisotopic (exact) mass is 253 g/mol. The number of nitrogens with two attached hydrogens (primary N) is 1. The number of hydrogen-bond acceptors (Lipinski definition) is 2. The topological polar surface area (TPSA) is 35.2 Å². The maximum atomic E-state index is 6.36. The van der Waals surface area contributed by atoms with Gasteiger partial charge in [0.25, 0.3) is 0 Å². The van der Waals surface area contributed by atoms with Crippen LogP contribution in [0.3, 0.4) is 0 Å². The second kappa shape index (κ2) is 5.06. The van der Waals surface area contributed by atoms with E-state index < -0.39 is 0 Å². The van der Waals surface area contributed by atoms with Crippen LogP contribution in [0.4, 0.5) is 0 Å². The molecule has 2 aromatic carbocycles. The number of rotatable bonds is 2. The Morgan fingerprint density at radius 1 is 1.05 bits per heavy atom. The molecule has 0 saturated heterocycles. The first-order chi connectivity index (χ1) is 9.25. The molecule has 0 saturated carbocycles. The molecule has 2 atom stereocenters. The van der Waals surface area contributed by atoms with Crippen LogP contribution in [0, 0.1) is 6.92 Å². The molecule has 0 radical (unpaired) electrons. The van der Waals surface area contributed by atoms with Crippen LogP contribution in [0.2, 0.25) is 0 Å². The highest BCUT2D eigenvalue weighted by atomic mass is 16.5. The third-order valence-electron chi connectivity index (χ3n) is 3.88. The largest absolute Gasteiger partial charge is 0.488 e. The fraction of sp³-hybridized carbons (Fsp3) is 0.294. The van der Waals surface area contributed by atoms with Gasteiger partial charge in [-0.2, -0.15) is 0 Å². The molecule has 0 fully saturated rings. The molecular formula is C17H19NO. The van der Waals surface area contributed by atoms with Crippen molar-refractivity contribution in [2.24, 2.45) is 5.73 Å². The predicted molar refractivity (Wildman–Crippen MR) is 77.3 cm³/mol. The van der Waals surface area contributed by atoms with Crippen LogP contribution >= 0.6 is 0 Å². The van der Waals surface area contributed by atoms with Crippen molar-refractivity contribution in [3.05, 3.63) is 65.2 Å². The van der Waals surface area contributed by atoms with Crippen molar-refractivity contribution in [3.8, 4) is 5.75 Å². The van der Waals surface area contributed by atoms with Crippen LogP contribution in [0.25, 0.3) is 0 Å². The first-order valence-corrected chi connectivity index (χ1v) is 6.81. The molecule has 2 N–H and O–H groups in total. The van der Waals surface area contributed by atoms with E-state index in [2.05, 4.69) is 37.3 Å². The lowest BCUT2D eigenvalue weighted by molar-refractivity contribution is 0.152. The van der Waals surface area contributed by atoms with Crippen molar-refractivity contribution in [1.29, 1.82) is 0 Å². The summed E-state index contributed by atoms with van der Waals surface area (Å²) in [5.41, 5.74) is 10.1. The zero-order chi connectivity index (χ0) is 13.2. The quantitative estimate of drug-likeness (QED) is 0.890. The standard InChI is InChI=1S/C17H19NO/c1-12-6-2-5-9-15(12)19-16-11-10-13-7-3-4-8-14(13)17(16)18/h2-9,16-17H,10-11,18H2,1H3. The molecule has 98 valence electrons. The van der Waals surface area contributed by atoms with Crippen LogP contribution in [-0.4, -0.2) is 6.10 Å². The molecule has 0 spiro atoms. The van der Waals surface area contributed by atoms with E-state index in [-0.39, 0.29) is 12.1 Å². The first kappa shape index (κ1) is 12.2. The fourth-order valence-electron chi connectivity index (χ4n) is 2.75. The zero-order valence-electron chi connectivity index (χ0n) is 11.2. The summed E-state index contributed by atoms with van der Waals surface area (Å²) >= 11 is 0. The Balaban J connectivity index is 1.83. The summed E-state index contributed by atoms with van der Waals surface area (Å²) in [6, 6.07) is 16.5. The van der Waals surface area contributed by atoms with E-state index >= 15 is 0 Å². The Hall–Kier alpha value is -1.80. The maximum absolute atomic E-state index is 6.36. The van der Waals surface area contributed by atoms with Gasteiger partial charge in [-0.15, -0.1) is 0 Å². The minimum absolute atomic E-state index is 0.0374. The summed E-state index contributed by atoms with van der Waals surface area (Å²) < 4.78 is 6.13. The molecule has 1 aliphatic rings. The van der Waals surface area contributed by atoms with Crippen molar-refractivity contribution in [1.82, 2.24) is 0 Å². The van der Waals surface area contributed by atoms with Gasteiger partial charge < -0.3 is 10.5 Å². The van der Waals surface area contributed by atoms with E-state index in [4.69, 9.17) is 10.5 Å². The molecule has 2 heteroatoms. The minimum atomic E-state index is -0.0374. The summed E-state index contributed by atoms with van der Waals surface area (Å²) in [5, 5.41) is 0. The first-order valence-electron chi connectivity index (χ1n) is 6.81. The van der Waals surface area contributed by atoms with E-state index in [1.165, 1.54) is 11.1 Å². The Labute approximate surface area is 114 Å². The number of benzene rings is 2. The molecule has 0 aliphatic heterocycles. The molecule has 0 amide bonds. The molecule has 0 bridgehead atoms. The van der Waals surface area contributed by atoms with E-state index in [0.29, 0.717) is 0 Å². The lowest BCUT2D eigenvalue weighted by Crippen LogP contribution is -2.36. The van der Waals surface area contributed by atoms with Crippen molar-refractivity contribution >= 4 is 0 Å². The van der Waals surface area contributed by atoms with E-state index in [1.54, 1.807) is 0 Å². The van der Waals surface area contributed by atoms with Crippen molar-refractivity contribution in [2.75, 3.05) is 0 Å². The van der Waals surface area contributed by atoms with Gasteiger partial charge in [-0.05, 0) is 42.5 Å². The average Bonchev–Trinajstić information content (AvgIpc) is 2.44. The highest BCUT2D eigenvalue weighted by Gasteiger charge is 2.28. The summed E-state index contributed by atoms with van der Waals surface area (Å²) in [7, 11) is 0. The van der Waals surface area contributed by atoms with E-state index in [9.17, 15) is 0 Å². The molecule has 2 aromatic rings. The van der Waals surface area contributed by atoms with Gasteiger partial charge in [0, 0.05) is 0 Å².